The number of piperidine rings is 1. The van der Waals surface area contributed by atoms with E-state index in [1.807, 2.05) is 6.92 Å². The molecule has 0 saturated carbocycles. The van der Waals surface area contributed by atoms with Crippen molar-refractivity contribution in [3.05, 3.63) is 11.4 Å². The second-order valence-corrected chi connectivity index (χ2v) is 7.32. The predicted octanol–water partition coefficient (Wildman–Crippen LogP) is 0.363. The number of sulfonamides is 1. The van der Waals surface area contributed by atoms with Crippen molar-refractivity contribution in [2.24, 2.45) is 0 Å². The van der Waals surface area contributed by atoms with Crippen LogP contribution >= 0.6 is 0 Å². The Morgan fingerprint density at radius 3 is 2.67 bits per heavy atom. The average molecular weight is 316 g/mol. The molecule has 1 atom stereocenters. The molecule has 8 heteroatoms. The van der Waals surface area contributed by atoms with Gasteiger partial charge in [0.05, 0.1) is 12.3 Å². The minimum absolute atomic E-state index is 0.0653. The SMILES string of the molecule is Cc1[nH]nc(CO)c1S(=O)(=O)NC(C)CN1CCCCC1. The van der Waals surface area contributed by atoms with Gasteiger partial charge in [0.1, 0.15) is 10.6 Å². The number of aliphatic hydroxyl groups excluding tert-OH is 1. The van der Waals surface area contributed by atoms with E-state index in [0.29, 0.717) is 12.2 Å². The summed E-state index contributed by atoms with van der Waals surface area (Å²) in [5, 5.41) is 15.6. The van der Waals surface area contributed by atoms with Crippen LogP contribution in [0.25, 0.3) is 0 Å². The van der Waals surface area contributed by atoms with Gasteiger partial charge in [-0.15, -0.1) is 0 Å². The van der Waals surface area contributed by atoms with E-state index >= 15 is 0 Å². The number of aromatic amines is 1. The highest BCUT2D eigenvalue weighted by Crippen LogP contribution is 2.18. The van der Waals surface area contributed by atoms with Crippen LogP contribution in [0, 0.1) is 6.92 Å². The van der Waals surface area contributed by atoms with E-state index in [-0.39, 0.29) is 16.6 Å². The quantitative estimate of drug-likeness (QED) is 0.704. The van der Waals surface area contributed by atoms with E-state index in [1.165, 1.54) is 19.3 Å². The molecular formula is C13H24N4O3S. The molecule has 1 unspecified atom stereocenters. The Balaban J connectivity index is 2.04. The van der Waals surface area contributed by atoms with E-state index in [9.17, 15) is 13.5 Å². The molecule has 21 heavy (non-hydrogen) atoms. The van der Waals surface area contributed by atoms with Crippen LogP contribution in [0.2, 0.25) is 0 Å². The van der Waals surface area contributed by atoms with Gasteiger partial charge in [-0.25, -0.2) is 13.1 Å². The largest absolute Gasteiger partial charge is 0.390 e. The maximum Gasteiger partial charge on any atom is 0.244 e. The van der Waals surface area contributed by atoms with Crippen LogP contribution in [0.15, 0.2) is 4.90 Å². The maximum absolute atomic E-state index is 12.4. The summed E-state index contributed by atoms with van der Waals surface area (Å²) in [5.41, 5.74) is 0.599. The van der Waals surface area contributed by atoms with Gasteiger partial charge in [0, 0.05) is 12.6 Å². The first-order valence-corrected chi connectivity index (χ1v) is 8.81. The summed E-state index contributed by atoms with van der Waals surface area (Å²) in [6.07, 6.45) is 3.61. The summed E-state index contributed by atoms with van der Waals surface area (Å²) in [7, 11) is -3.67. The fourth-order valence-corrected chi connectivity index (χ4v) is 4.41. The molecule has 120 valence electrons. The van der Waals surface area contributed by atoms with E-state index < -0.39 is 16.6 Å². The standard InChI is InChI=1S/C13H24N4O3S/c1-10(8-17-6-4-3-5-7-17)16-21(19,20)13-11(2)14-15-12(13)9-18/h10,16,18H,3-9H2,1-2H3,(H,14,15). The Kier molecular flexibility index (Phi) is 5.37. The van der Waals surface area contributed by atoms with Crippen LogP contribution in [0.4, 0.5) is 0 Å². The summed E-state index contributed by atoms with van der Waals surface area (Å²) in [5.74, 6) is 0. The number of nitrogens with one attached hydrogen (secondary N) is 2. The van der Waals surface area contributed by atoms with Gasteiger partial charge in [-0.05, 0) is 39.8 Å². The molecule has 2 rings (SSSR count). The van der Waals surface area contributed by atoms with Gasteiger partial charge >= 0.3 is 0 Å². The maximum atomic E-state index is 12.4. The van der Waals surface area contributed by atoms with Crippen LogP contribution < -0.4 is 4.72 Å². The number of rotatable bonds is 6. The molecule has 3 N–H and O–H groups in total. The first kappa shape index (κ1) is 16.4. The highest BCUT2D eigenvalue weighted by Gasteiger charge is 2.26. The molecule has 0 aromatic carbocycles. The second-order valence-electron chi connectivity index (χ2n) is 5.67. The van der Waals surface area contributed by atoms with Crippen molar-refractivity contribution >= 4 is 10.0 Å². The Bertz CT molecular complexity index is 564. The Morgan fingerprint density at radius 2 is 2.05 bits per heavy atom. The molecule has 0 bridgehead atoms. The minimum Gasteiger partial charge on any atom is -0.390 e. The predicted molar refractivity (Wildman–Crippen MR) is 79.3 cm³/mol. The van der Waals surface area contributed by atoms with Gasteiger partial charge in [0.25, 0.3) is 0 Å². The van der Waals surface area contributed by atoms with E-state index in [1.54, 1.807) is 6.92 Å². The number of aryl methyl sites for hydroxylation is 1. The lowest BCUT2D eigenvalue weighted by Gasteiger charge is -2.29. The lowest BCUT2D eigenvalue weighted by atomic mass is 10.1. The summed E-state index contributed by atoms with van der Waals surface area (Å²) >= 11 is 0. The number of hydrogen-bond acceptors (Lipinski definition) is 5. The molecule has 0 spiro atoms. The molecule has 1 aromatic heterocycles. The number of likely N-dealkylation sites (tertiary alicyclic amines) is 1. The third kappa shape index (κ3) is 4.03. The van der Waals surface area contributed by atoms with Crippen molar-refractivity contribution in [3.8, 4) is 0 Å². The minimum atomic E-state index is -3.67. The first-order chi connectivity index (χ1) is 9.94. The summed E-state index contributed by atoms with van der Waals surface area (Å²) in [4.78, 5) is 2.35. The molecule has 0 amide bonds. The first-order valence-electron chi connectivity index (χ1n) is 7.33. The molecule has 0 aliphatic carbocycles. The number of aliphatic hydroxyl groups is 1. The number of nitrogens with zero attached hydrogens (tertiary/aromatic N) is 2. The van der Waals surface area contributed by atoms with Crippen LogP contribution in [0.1, 0.15) is 37.6 Å². The van der Waals surface area contributed by atoms with Crippen LogP contribution in [0.3, 0.4) is 0 Å². The molecule has 0 radical (unpaired) electrons. The molecule has 1 aromatic rings. The smallest absolute Gasteiger partial charge is 0.244 e. The summed E-state index contributed by atoms with van der Waals surface area (Å²) in [6.45, 7) is 5.85. The average Bonchev–Trinajstić information content (AvgIpc) is 2.81. The number of aromatic nitrogens is 2. The fraction of sp³-hybridized carbons (Fsp3) is 0.769. The highest BCUT2D eigenvalue weighted by atomic mass is 32.2. The van der Waals surface area contributed by atoms with Gasteiger partial charge in [-0.2, -0.15) is 5.10 Å². The lowest BCUT2D eigenvalue weighted by Crippen LogP contribution is -2.43. The molecule has 1 saturated heterocycles. The van der Waals surface area contributed by atoms with Crippen molar-refractivity contribution in [2.45, 2.75) is 50.7 Å². The summed E-state index contributed by atoms with van der Waals surface area (Å²) < 4.78 is 27.6. The van der Waals surface area contributed by atoms with E-state index in [0.717, 1.165) is 13.1 Å². The van der Waals surface area contributed by atoms with Crippen LogP contribution in [-0.4, -0.2) is 54.3 Å². The second kappa shape index (κ2) is 6.87. The van der Waals surface area contributed by atoms with Crippen molar-refractivity contribution in [3.63, 3.8) is 0 Å². The molecule has 1 aliphatic heterocycles. The van der Waals surface area contributed by atoms with Crippen molar-refractivity contribution in [1.82, 2.24) is 19.8 Å². The molecule has 7 nitrogen and oxygen atoms in total. The van der Waals surface area contributed by atoms with Gasteiger partial charge in [-0.1, -0.05) is 6.42 Å². The number of hydrogen-bond donors (Lipinski definition) is 3. The molecule has 1 fully saturated rings. The highest BCUT2D eigenvalue weighted by molar-refractivity contribution is 7.89. The fourth-order valence-electron chi connectivity index (χ4n) is 2.82. The van der Waals surface area contributed by atoms with Crippen molar-refractivity contribution in [1.29, 1.82) is 0 Å². The zero-order chi connectivity index (χ0) is 15.5. The van der Waals surface area contributed by atoms with E-state index in [2.05, 4.69) is 19.8 Å². The van der Waals surface area contributed by atoms with Crippen LogP contribution in [-0.2, 0) is 16.6 Å². The number of H-pyrrole nitrogens is 1. The monoisotopic (exact) mass is 316 g/mol. The molecular weight excluding hydrogens is 292 g/mol. The lowest BCUT2D eigenvalue weighted by molar-refractivity contribution is 0.215. The third-order valence-corrected chi connectivity index (χ3v) is 5.51. The third-order valence-electron chi connectivity index (χ3n) is 3.72. The topological polar surface area (TPSA) is 98.3 Å². The van der Waals surface area contributed by atoms with Crippen molar-refractivity contribution < 1.29 is 13.5 Å². The van der Waals surface area contributed by atoms with Gasteiger partial charge in [0.15, 0.2) is 0 Å². The Hall–Kier alpha value is -0.960. The zero-order valence-corrected chi connectivity index (χ0v) is 13.4. The van der Waals surface area contributed by atoms with Crippen LogP contribution in [0.5, 0.6) is 0 Å². The van der Waals surface area contributed by atoms with Gasteiger partial charge in [-0.3, -0.25) is 5.10 Å². The van der Waals surface area contributed by atoms with Gasteiger partial charge < -0.3 is 10.0 Å². The Morgan fingerprint density at radius 1 is 1.38 bits per heavy atom. The normalized spacial score (nSPS) is 18.8. The summed E-state index contributed by atoms with van der Waals surface area (Å²) in [6, 6.07) is -0.186. The van der Waals surface area contributed by atoms with Gasteiger partial charge in [0.2, 0.25) is 10.0 Å². The van der Waals surface area contributed by atoms with E-state index in [4.69, 9.17) is 0 Å². The zero-order valence-electron chi connectivity index (χ0n) is 12.6. The Labute approximate surface area is 125 Å². The van der Waals surface area contributed by atoms with Crippen molar-refractivity contribution in [2.75, 3.05) is 19.6 Å². The molecule has 2 heterocycles. The molecule has 1 aliphatic rings.